The van der Waals surface area contributed by atoms with Gasteiger partial charge in [0.25, 0.3) is 0 Å². The van der Waals surface area contributed by atoms with E-state index in [0.29, 0.717) is 12.8 Å². The number of carboxylic acids is 1. The van der Waals surface area contributed by atoms with E-state index in [-0.39, 0.29) is 23.9 Å². The van der Waals surface area contributed by atoms with Gasteiger partial charge in [0, 0.05) is 18.5 Å². The normalized spacial score (nSPS) is 27.8. The van der Waals surface area contributed by atoms with Crippen molar-refractivity contribution in [1.29, 1.82) is 0 Å². The van der Waals surface area contributed by atoms with E-state index in [2.05, 4.69) is 0 Å². The molecule has 4 heteroatoms. The summed E-state index contributed by atoms with van der Waals surface area (Å²) >= 11 is 0. The maximum atomic E-state index is 12.4. The quantitative estimate of drug-likeness (QED) is 0.913. The van der Waals surface area contributed by atoms with E-state index in [1.165, 1.54) is 0 Å². The van der Waals surface area contributed by atoms with Crippen molar-refractivity contribution in [3.05, 3.63) is 35.9 Å². The molecule has 1 aromatic rings. The molecule has 2 heterocycles. The first-order valence-corrected chi connectivity index (χ1v) is 7.24. The highest BCUT2D eigenvalue weighted by Gasteiger charge is 2.50. The third-order valence-corrected chi connectivity index (χ3v) is 4.61. The van der Waals surface area contributed by atoms with Gasteiger partial charge in [0.15, 0.2) is 0 Å². The average molecular weight is 273 g/mol. The van der Waals surface area contributed by atoms with Crippen molar-refractivity contribution in [3.63, 3.8) is 0 Å². The predicted octanol–water partition coefficient (Wildman–Crippen LogP) is 2.08. The van der Waals surface area contributed by atoms with Gasteiger partial charge in [-0.1, -0.05) is 30.3 Å². The third kappa shape index (κ3) is 2.30. The number of hydrogen-bond donors (Lipinski definition) is 1. The first-order chi connectivity index (χ1) is 9.66. The summed E-state index contributed by atoms with van der Waals surface area (Å²) in [5, 5.41) is 9.20. The highest BCUT2D eigenvalue weighted by molar-refractivity contribution is 5.80. The lowest BCUT2D eigenvalue weighted by molar-refractivity contribution is -0.143. The van der Waals surface area contributed by atoms with Crippen molar-refractivity contribution in [2.45, 2.75) is 44.2 Å². The summed E-state index contributed by atoms with van der Waals surface area (Å²) in [7, 11) is 0. The minimum atomic E-state index is -0.752. The molecule has 106 valence electrons. The van der Waals surface area contributed by atoms with Crippen LogP contribution in [0.3, 0.4) is 0 Å². The molecule has 2 saturated heterocycles. The van der Waals surface area contributed by atoms with Gasteiger partial charge in [0.1, 0.15) is 0 Å². The molecule has 1 amide bonds. The van der Waals surface area contributed by atoms with Crippen molar-refractivity contribution in [1.82, 2.24) is 4.90 Å². The maximum absolute atomic E-state index is 12.4. The summed E-state index contributed by atoms with van der Waals surface area (Å²) in [5.74, 6) is -0.988. The molecule has 0 spiro atoms. The molecule has 0 aromatic heterocycles. The number of benzene rings is 1. The van der Waals surface area contributed by atoms with Crippen LogP contribution in [0.1, 0.15) is 31.2 Å². The Morgan fingerprint density at radius 2 is 1.95 bits per heavy atom. The van der Waals surface area contributed by atoms with Crippen LogP contribution < -0.4 is 0 Å². The van der Waals surface area contributed by atoms with Crippen molar-refractivity contribution >= 4 is 11.9 Å². The maximum Gasteiger partial charge on any atom is 0.308 e. The number of hydrogen-bond acceptors (Lipinski definition) is 2. The molecule has 0 saturated carbocycles. The number of aryl methyl sites for hydroxylation is 1. The largest absolute Gasteiger partial charge is 0.481 e. The fourth-order valence-corrected chi connectivity index (χ4v) is 3.67. The second-order valence-corrected chi connectivity index (χ2v) is 5.77. The van der Waals surface area contributed by atoms with Gasteiger partial charge < -0.3 is 10.0 Å². The molecular weight excluding hydrogens is 254 g/mol. The van der Waals surface area contributed by atoms with E-state index in [1.807, 2.05) is 35.2 Å². The number of carbonyl (C=O) groups is 2. The summed E-state index contributed by atoms with van der Waals surface area (Å²) in [6.07, 6.45) is 3.65. The van der Waals surface area contributed by atoms with Crippen molar-refractivity contribution in [2.75, 3.05) is 0 Å². The molecular formula is C16H19NO3. The lowest BCUT2D eigenvalue weighted by Crippen LogP contribution is -2.37. The number of rotatable bonds is 4. The second-order valence-electron chi connectivity index (χ2n) is 5.77. The summed E-state index contributed by atoms with van der Waals surface area (Å²) < 4.78 is 0. The van der Waals surface area contributed by atoms with Gasteiger partial charge in [-0.15, -0.1) is 0 Å². The molecule has 20 heavy (non-hydrogen) atoms. The van der Waals surface area contributed by atoms with Gasteiger partial charge in [0.05, 0.1) is 5.92 Å². The molecule has 3 unspecified atom stereocenters. The molecule has 2 bridgehead atoms. The summed E-state index contributed by atoms with van der Waals surface area (Å²) in [6, 6.07) is 10.0. The lowest BCUT2D eigenvalue weighted by Gasteiger charge is -2.23. The molecule has 3 atom stereocenters. The predicted molar refractivity (Wildman–Crippen MR) is 74.2 cm³/mol. The lowest BCUT2D eigenvalue weighted by atomic mass is 9.89. The van der Waals surface area contributed by atoms with Crippen LogP contribution in [0.5, 0.6) is 0 Å². The van der Waals surface area contributed by atoms with Crippen LogP contribution in [0, 0.1) is 5.92 Å². The van der Waals surface area contributed by atoms with Gasteiger partial charge in [0.2, 0.25) is 5.91 Å². The van der Waals surface area contributed by atoms with Crippen molar-refractivity contribution in [2.24, 2.45) is 5.92 Å². The molecule has 4 nitrogen and oxygen atoms in total. The zero-order valence-electron chi connectivity index (χ0n) is 11.4. The fraction of sp³-hybridized carbons (Fsp3) is 0.500. The van der Waals surface area contributed by atoms with Crippen LogP contribution in [0.15, 0.2) is 30.3 Å². The van der Waals surface area contributed by atoms with Crippen LogP contribution in [-0.2, 0) is 16.0 Å². The van der Waals surface area contributed by atoms with Crippen LogP contribution in [0.4, 0.5) is 0 Å². The molecule has 1 aromatic carbocycles. The first kappa shape index (κ1) is 13.2. The molecule has 2 fully saturated rings. The van der Waals surface area contributed by atoms with Gasteiger partial charge in [-0.2, -0.15) is 0 Å². The van der Waals surface area contributed by atoms with E-state index < -0.39 is 5.97 Å². The van der Waals surface area contributed by atoms with E-state index in [0.717, 1.165) is 24.8 Å². The Balaban J connectivity index is 1.62. The topological polar surface area (TPSA) is 57.6 Å². The van der Waals surface area contributed by atoms with Gasteiger partial charge in [-0.05, 0) is 31.2 Å². The monoisotopic (exact) mass is 273 g/mol. The van der Waals surface area contributed by atoms with Crippen LogP contribution in [-0.4, -0.2) is 34.0 Å². The Morgan fingerprint density at radius 1 is 1.20 bits per heavy atom. The minimum absolute atomic E-state index is 0.0687. The van der Waals surface area contributed by atoms with Crippen molar-refractivity contribution < 1.29 is 14.7 Å². The molecule has 0 radical (unpaired) electrons. The number of fused-ring (bicyclic) bond motifs is 2. The van der Waals surface area contributed by atoms with Gasteiger partial charge in [-0.25, -0.2) is 0 Å². The Morgan fingerprint density at radius 3 is 2.60 bits per heavy atom. The summed E-state index contributed by atoms with van der Waals surface area (Å²) in [5.41, 5.74) is 1.15. The summed E-state index contributed by atoms with van der Waals surface area (Å²) in [4.78, 5) is 25.4. The summed E-state index contributed by atoms with van der Waals surface area (Å²) in [6.45, 7) is 0. The Bertz CT molecular complexity index is 514. The Hall–Kier alpha value is -1.84. The number of carbonyl (C=O) groups excluding carboxylic acids is 1. The standard InChI is InChI=1S/C16H19NO3/c18-15(9-6-11-4-2-1-3-5-11)17-12-7-8-14(17)13(10-12)16(19)20/h1-5,12-14H,6-10H2,(H,19,20). The fourth-order valence-electron chi connectivity index (χ4n) is 3.67. The van der Waals surface area contributed by atoms with E-state index in [9.17, 15) is 14.7 Å². The minimum Gasteiger partial charge on any atom is -0.481 e. The SMILES string of the molecule is O=C(O)C1CC2CCC1N2C(=O)CCc1ccccc1. The van der Waals surface area contributed by atoms with E-state index >= 15 is 0 Å². The number of carboxylic acid groups (broad SMARTS) is 1. The number of amides is 1. The molecule has 2 aliphatic rings. The van der Waals surface area contributed by atoms with Gasteiger partial charge in [-0.3, -0.25) is 9.59 Å². The number of nitrogens with zero attached hydrogens (tertiary/aromatic N) is 1. The first-order valence-electron chi connectivity index (χ1n) is 7.24. The van der Waals surface area contributed by atoms with Crippen LogP contribution in [0.25, 0.3) is 0 Å². The highest BCUT2D eigenvalue weighted by atomic mass is 16.4. The van der Waals surface area contributed by atoms with Crippen LogP contribution in [0.2, 0.25) is 0 Å². The Labute approximate surface area is 118 Å². The zero-order chi connectivity index (χ0) is 14.1. The second kappa shape index (κ2) is 5.27. The average Bonchev–Trinajstić information content (AvgIpc) is 3.03. The zero-order valence-corrected chi connectivity index (χ0v) is 11.4. The smallest absolute Gasteiger partial charge is 0.308 e. The van der Waals surface area contributed by atoms with Crippen molar-refractivity contribution in [3.8, 4) is 0 Å². The van der Waals surface area contributed by atoms with E-state index in [1.54, 1.807) is 0 Å². The highest BCUT2D eigenvalue weighted by Crippen LogP contribution is 2.42. The molecule has 2 aliphatic heterocycles. The van der Waals surface area contributed by atoms with Crippen LogP contribution >= 0.6 is 0 Å². The van der Waals surface area contributed by atoms with E-state index in [4.69, 9.17) is 0 Å². The Kier molecular flexibility index (Phi) is 3.47. The molecule has 1 N–H and O–H groups in total. The van der Waals surface area contributed by atoms with Gasteiger partial charge >= 0.3 is 5.97 Å². The number of aliphatic carboxylic acids is 1. The third-order valence-electron chi connectivity index (χ3n) is 4.61. The molecule has 0 aliphatic carbocycles. The molecule has 3 rings (SSSR count).